The Kier molecular flexibility index (Phi) is 22.5. The number of carbonyl (C=O) groups excluding carboxylic acids is 5. The van der Waals surface area contributed by atoms with Gasteiger partial charge in [0.15, 0.2) is 17.9 Å². The molecule has 0 aliphatic heterocycles. The van der Waals surface area contributed by atoms with Gasteiger partial charge >= 0.3 is 17.9 Å². The topological polar surface area (TPSA) is 505 Å². The standard InChI is InChI=1S/C32H55N17O11/c33-16(4-1-7-41-30(34)35)24(54)45-17(5-2-8-42-31(36)37)25(55)48-20(11-22(50)51)28(58)49-21(12-23(52)53)27(57)47-19(10-15-13-40-14-44-15)26(56)46-18(29(59)60)6-3-9-43-32(38)39/h13-14,16-21H,1-12,33H2,(H,40,44)(H,45,54)(H,46,56)(H,47,57)(H,48,55)(H,49,58)(H,50,51)(H,52,53)(H,59,60)(H4,34,35,41)(H4,36,37,42)(H4,38,39,43)/t16-,17-,18-,19-,20-,21-/m0/s1. The summed E-state index contributed by atoms with van der Waals surface area (Å²) in [6.07, 6.45) is 0.395. The van der Waals surface area contributed by atoms with Crippen LogP contribution in [0.5, 0.6) is 0 Å². The zero-order valence-electron chi connectivity index (χ0n) is 32.5. The van der Waals surface area contributed by atoms with Crippen molar-refractivity contribution >= 4 is 65.3 Å². The lowest BCUT2D eigenvalue weighted by atomic mass is 10.1. The highest BCUT2D eigenvalue weighted by Gasteiger charge is 2.34. The summed E-state index contributed by atoms with van der Waals surface area (Å²) in [7, 11) is 0. The molecule has 0 radical (unpaired) electrons. The Labute approximate surface area is 342 Å². The van der Waals surface area contributed by atoms with Crippen molar-refractivity contribution in [3.05, 3.63) is 18.2 Å². The van der Waals surface area contributed by atoms with Gasteiger partial charge in [-0.05, 0) is 38.5 Å². The lowest BCUT2D eigenvalue weighted by molar-refractivity contribution is -0.144. The molecule has 1 rings (SSSR count). The Morgan fingerprint density at radius 2 is 0.950 bits per heavy atom. The third-order valence-corrected chi connectivity index (χ3v) is 8.08. The molecule has 28 heteroatoms. The molecule has 334 valence electrons. The summed E-state index contributed by atoms with van der Waals surface area (Å²) in [5, 5.41) is 40.2. The summed E-state index contributed by atoms with van der Waals surface area (Å²) < 4.78 is 0. The predicted molar refractivity (Wildman–Crippen MR) is 212 cm³/mol. The van der Waals surface area contributed by atoms with Gasteiger partial charge in [0, 0.05) is 37.9 Å². The molecule has 0 saturated heterocycles. The molecule has 28 nitrogen and oxygen atoms in total. The van der Waals surface area contributed by atoms with Crippen molar-refractivity contribution in [3.8, 4) is 0 Å². The molecule has 0 saturated carbocycles. The largest absolute Gasteiger partial charge is 0.481 e. The summed E-state index contributed by atoms with van der Waals surface area (Å²) in [4.78, 5) is 120. The van der Waals surface area contributed by atoms with Crippen molar-refractivity contribution in [2.45, 2.75) is 94.0 Å². The van der Waals surface area contributed by atoms with Gasteiger partial charge in [0.05, 0.1) is 25.2 Å². The highest BCUT2D eigenvalue weighted by molar-refractivity contribution is 5.98. The first kappa shape index (κ1) is 50.8. The number of nitrogens with zero attached hydrogens (tertiary/aromatic N) is 4. The molecule has 6 atom stereocenters. The van der Waals surface area contributed by atoms with Crippen LogP contribution in [0.25, 0.3) is 0 Å². The minimum atomic E-state index is -1.98. The van der Waals surface area contributed by atoms with E-state index in [2.05, 4.69) is 51.5 Å². The quantitative estimate of drug-likeness (QED) is 0.0202. The monoisotopic (exact) mass is 853 g/mol. The van der Waals surface area contributed by atoms with Crippen molar-refractivity contribution in [1.82, 2.24) is 36.6 Å². The molecular weight excluding hydrogens is 798 g/mol. The van der Waals surface area contributed by atoms with E-state index in [4.69, 9.17) is 40.1 Å². The zero-order valence-corrected chi connectivity index (χ0v) is 32.5. The molecule has 0 aliphatic carbocycles. The van der Waals surface area contributed by atoms with Crippen LogP contribution in [0.4, 0.5) is 0 Å². The Balaban J connectivity index is 3.31. The maximum atomic E-state index is 13.6. The molecule has 60 heavy (non-hydrogen) atoms. The van der Waals surface area contributed by atoms with Gasteiger partial charge in [-0.15, -0.1) is 0 Å². The fourth-order valence-corrected chi connectivity index (χ4v) is 5.15. The number of aliphatic imine (C=N–C) groups is 3. The predicted octanol–water partition coefficient (Wildman–Crippen LogP) is -7.10. The number of carboxylic acid groups (broad SMARTS) is 3. The summed E-state index contributed by atoms with van der Waals surface area (Å²) >= 11 is 0. The molecule has 1 aromatic heterocycles. The molecule has 1 heterocycles. The molecular formula is C32H55N17O11. The number of nitrogens with two attached hydrogens (primary N) is 7. The number of guanidine groups is 3. The number of rotatable bonds is 29. The van der Waals surface area contributed by atoms with E-state index in [-0.39, 0.29) is 81.7 Å². The third-order valence-electron chi connectivity index (χ3n) is 8.08. The van der Waals surface area contributed by atoms with Crippen LogP contribution in [-0.2, 0) is 44.8 Å². The number of aromatic nitrogens is 2. The van der Waals surface area contributed by atoms with Crippen LogP contribution in [0.1, 0.15) is 57.1 Å². The molecule has 23 N–H and O–H groups in total. The van der Waals surface area contributed by atoms with Crippen LogP contribution >= 0.6 is 0 Å². The molecule has 0 aliphatic rings. The fourth-order valence-electron chi connectivity index (χ4n) is 5.15. The number of aliphatic carboxylic acids is 3. The summed E-state index contributed by atoms with van der Waals surface area (Å²) in [6.45, 7) is 0.208. The lowest BCUT2D eigenvalue weighted by Gasteiger charge is -2.26. The van der Waals surface area contributed by atoms with Crippen LogP contribution in [0.15, 0.2) is 27.5 Å². The normalized spacial score (nSPS) is 13.6. The van der Waals surface area contributed by atoms with Gasteiger partial charge in [-0.25, -0.2) is 9.78 Å². The minimum absolute atomic E-state index is 0.00729. The second-order valence-electron chi connectivity index (χ2n) is 13.1. The molecule has 0 fully saturated rings. The van der Waals surface area contributed by atoms with Crippen LogP contribution < -0.4 is 66.7 Å². The Morgan fingerprint density at radius 1 is 0.567 bits per heavy atom. The van der Waals surface area contributed by atoms with Crippen LogP contribution in [0, 0.1) is 0 Å². The van der Waals surface area contributed by atoms with E-state index in [1.165, 1.54) is 12.5 Å². The number of aromatic amines is 1. The Hall–Kier alpha value is -7.26. The third kappa shape index (κ3) is 21.3. The van der Waals surface area contributed by atoms with E-state index < -0.39 is 96.5 Å². The van der Waals surface area contributed by atoms with E-state index in [0.717, 1.165) is 0 Å². The molecule has 5 amide bonds. The summed E-state index contributed by atoms with van der Waals surface area (Å²) in [5.41, 5.74) is 38.1. The van der Waals surface area contributed by atoms with Crippen molar-refractivity contribution in [2.75, 3.05) is 19.6 Å². The number of nitrogens with one attached hydrogen (secondary N) is 6. The molecule has 0 aromatic carbocycles. The average Bonchev–Trinajstić information content (AvgIpc) is 3.67. The van der Waals surface area contributed by atoms with Gasteiger partial charge in [-0.2, -0.15) is 0 Å². The number of H-pyrrole nitrogens is 1. The highest BCUT2D eigenvalue weighted by atomic mass is 16.4. The van der Waals surface area contributed by atoms with Crippen molar-refractivity contribution < 1.29 is 53.7 Å². The van der Waals surface area contributed by atoms with Crippen LogP contribution in [0.3, 0.4) is 0 Å². The summed E-state index contributed by atoms with van der Waals surface area (Å²) in [5.74, 6) is -10.8. The number of carbonyl (C=O) groups is 8. The number of carboxylic acids is 3. The van der Waals surface area contributed by atoms with E-state index in [0.29, 0.717) is 6.42 Å². The fraction of sp³-hybridized carbons (Fsp3) is 0.562. The molecule has 0 bridgehead atoms. The number of imidazole rings is 1. The first-order valence-corrected chi connectivity index (χ1v) is 18.3. The second kappa shape index (κ2) is 26.6. The smallest absolute Gasteiger partial charge is 0.326 e. The van der Waals surface area contributed by atoms with E-state index in [1.54, 1.807) is 0 Å². The Morgan fingerprint density at radius 3 is 1.37 bits per heavy atom. The molecule has 0 unspecified atom stereocenters. The van der Waals surface area contributed by atoms with E-state index in [9.17, 15) is 53.7 Å². The number of amides is 5. The SMILES string of the molecule is NC(N)=NCCC[C@H](NC(=O)[C@H](Cc1cnc[nH]1)NC(=O)[C@H](CC(=O)O)NC(=O)[C@H](CC(=O)O)NC(=O)[C@H](CCCN=C(N)N)NC(=O)[C@@H](N)CCCN=C(N)N)C(=O)O. The summed E-state index contributed by atoms with van der Waals surface area (Å²) in [6, 6.07) is -9.58. The highest BCUT2D eigenvalue weighted by Crippen LogP contribution is 2.07. The lowest BCUT2D eigenvalue weighted by Crippen LogP contribution is -2.60. The van der Waals surface area contributed by atoms with Gasteiger partial charge in [0.25, 0.3) is 0 Å². The maximum absolute atomic E-state index is 13.6. The minimum Gasteiger partial charge on any atom is -0.481 e. The van der Waals surface area contributed by atoms with Crippen LogP contribution in [-0.4, -0.2) is 146 Å². The van der Waals surface area contributed by atoms with Gasteiger partial charge in [-0.1, -0.05) is 0 Å². The maximum Gasteiger partial charge on any atom is 0.326 e. The first-order chi connectivity index (χ1) is 28.2. The average molecular weight is 854 g/mol. The second-order valence-corrected chi connectivity index (χ2v) is 13.1. The van der Waals surface area contributed by atoms with Crippen molar-refractivity contribution in [1.29, 1.82) is 0 Å². The van der Waals surface area contributed by atoms with E-state index >= 15 is 0 Å². The zero-order chi connectivity index (χ0) is 45.4. The van der Waals surface area contributed by atoms with Gasteiger partial charge < -0.3 is 87.0 Å². The van der Waals surface area contributed by atoms with Gasteiger partial charge in [-0.3, -0.25) is 48.5 Å². The number of hydrogen-bond acceptors (Lipinski definition) is 13. The van der Waals surface area contributed by atoms with Crippen molar-refractivity contribution in [3.63, 3.8) is 0 Å². The van der Waals surface area contributed by atoms with Crippen molar-refractivity contribution in [2.24, 2.45) is 55.1 Å². The Bertz CT molecular complexity index is 1710. The first-order valence-electron chi connectivity index (χ1n) is 18.3. The van der Waals surface area contributed by atoms with E-state index in [1.807, 2.05) is 0 Å². The molecule has 0 spiro atoms. The van der Waals surface area contributed by atoms with Gasteiger partial charge in [0.2, 0.25) is 29.5 Å². The molecule has 1 aromatic rings. The van der Waals surface area contributed by atoms with Gasteiger partial charge in [0.1, 0.15) is 30.2 Å². The van der Waals surface area contributed by atoms with Crippen LogP contribution in [0.2, 0.25) is 0 Å². The number of hydrogen-bond donors (Lipinski definition) is 16.